The van der Waals surface area contributed by atoms with Crippen molar-refractivity contribution in [1.82, 2.24) is 14.8 Å². The topological polar surface area (TPSA) is 68.0 Å². The van der Waals surface area contributed by atoms with Gasteiger partial charge in [0, 0.05) is 0 Å². The molecule has 0 aliphatic carbocycles. The molecule has 1 heterocycles. The third-order valence-corrected chi connectivity index (χ3v) is 1.47. The predicted molar refractivity (Wildman–Crippen MR) is 35.4 cm³/mol. The van der Waals surface area contributed by atoms with E-state index in [9.17, 15) is 4.79 Å². The fraction of sp³-hybridized carbons (Fsp3) is 0.250. The molecule has 0 amide bonds. The SMILES string of the molecule is O=C(O)Cn1ncnc1Br. The van der Waals surface area contributed by atoms with Crippen molar-refractivity contribution in [3.63, 3.8) is 0 Å². The van der Waals surface area contributed by atoms with Gasteiger partial charge in [-0.25, -0.2) is 9.67 Å². The molecule has 0 spiro atoms. The summed E-state index contributed by atoms with van der Waals surface area (Å²) in [5.74, 6) is -0.939. The average Bonchev–Trinajstić information content (AvgIpc) is 2.15. The number of aromatic nitrogens is 3. The van der Waals surface area contributed by atoms with Crippen molar-refractivity contribution in [1.29, 1.82) is 0 Å². The lowest BCUT2D eigenvalue weighted by molar-refractivity contribution is -0.137. The molecule has 0 fully saturated rings. The van der Waals surface area contributed by atoms with E-state index in [-0.39, 0.29) is 6.54 Å². The Morgan fingerprint density at radius 3 is 3.00 bits per heavy atom. The minimum absolute atomic E-state index is 0.166. The van der Waals surface area contributed by atoms with Gasteiger partial charge in [-0.2, -0.15) is 5.10 Å². The van der Waals surface area contributed by atoms with Crippen LogP contribution in [0.25, 0.3) is 0 Å². The second-order valence-corrected chi connectivity index (χ2v) is 2.29. The average molecular weight is 206 g/mol. The van der Waals surface area contributed by atoms with E-state index in [2.05, 4.69) is 26.0 Å². The maximum Gasteiger partial charge on any atom is 0.325 e. The second kappa shape index (κ2) is 2.78. The molecule has 0 atom stereocenters. The van der Waals surface area contributed by atoms with Crippen LogP contribution < -0.4 is 0 Å². The van der Waals surface area contributed by atoms with Gasteiger partial charge in [-0.3, -0.25) is 4.79 Å². The van der Waals surface area contributed by atoms with Gasteiger partial charge in [-0.1, -0.05) is 0 Å². The van der Waals surface area contributed by atoms with Gasteiger partial charge in [-0.05, 0) is 15.9 Å². The van der Waals surface area contributed by atoms with Crippen LogP contribution in [-0.4, -0.2) is 25.8 Å². The van der Waals surface area contributed by atoms with Crippen LogP contribution in [0, 0.1) is 0 Å². The summed E-state index contributed by atoms with van der Waals surface area (Å²) in [4.78, 5) is 13.8. The normalized spacial score (nSPS) is 9.70. The van der Waals surface area contributed by atoms with Crippen LogP contribution in [0.5, 0.6) is 0 Å². The van der Waals surface area contributed by atoms with Gasteiger partial charge in [0.1, 0.15) is 12.9 Å². The summed E-state index contributed by atoms with van der Waals surface area (Å²) < 4.78 is 1.66. The Morgan fingerprint density at radius 1 is 1.90 bits per heavy atom. The lowest BCUT2D eigenvalue weighted by Gasteiger charge is -1.93. The van der Waals surface area contributed by atoms with Crippen molar-refractivity contribution in [2.45, 2.75) is 6.54 Å². The number of nitrogens with zero attached hydrogens (tertiary/aromatic N) is 3. The van der Waals surface area contributed by atoms with Crippen molar-refractivity contribution < 1.29 is 9.90 Å². The van der Waals surface area contributed by atoms with E-state index < -0.39 is 5.97 Å². The predicted octanol–water partition coefficient (Wildman–Crippen LogP) is 0.125. The quantitative estimate of drug-likeness (QED) is 0.746. The van der Waals surface area contributed by atoms with E-state index in [1.165, 1.54) is 11.0 Å². The summed E-state index contributed by atoms with van der Waals surface area (Å²) in [6.45, 7) is -0.166. The zero-order valence-corrected chi connectivity index (χ0v) is 6.45. The Kier molecular flexibility index (Phi) is 2.00. The van der Waals surface area contributed by atoms with Gasteiger partial charge in [0.05, 0.1) is 0 Å². The molecule has 0 aromatic carbocycles. The lowest BCUT2D eigenvalue weighted by atomic mass is 10.7. The fourth-order valence-electron chi connectivity index (χ4n) is 0.484. The summed E-state index contributed by atoms with van der Waals surface area (Å²) in [5.41, 5.74) is 0. The molecule has 0 unspecified atom stereocenters. The maximum absolute atomic E-state index is 10.1. The summed E-state index contributed by atoms with van der Waals surface area (Å²) in [7, 11) is 0. The van der Waals surface area contributed by atoms with Gasteiger partial charge in [-0.15, -0.1) is 0 Å². The molecule has 1 aromatic heterocycles. The fourth-order valence-corrected chi connectivity index (χ4v) is 0.793. The number of rotatable bonds is 2. The molecule has 54 valence electrons. The summed E-state index contributed by atoms with van der Waals surface area (Å²) in [5, 5.41) is 11.9. The van der Waals surface area contributed by atoms with Gasteiger partial charge in [0.15, 0.2) is 4.73 Å². The lowest BCUT2D eigenvalue weighted by Crippen LogP contribution is -2.10. The Hall–Kier alpha value is -0.910. The molecule has 1 aromatic rings. The van der Waals surface area contributed by atoms with Gasteiger partial charge in [0.25, 0.3) is 0 Å². The Bertz CT molecular complexity index is 246. The molecule has 0 aliphatic rings. The van der Waals surface area contributed by atoms with E-state index in [1.54, 1.807) is 0 Å². The molecule has 0 bridgehead atoms. The molecule has 1 rings (SSSR count). The number of carboxylic acids is 1. The van der Waals surface area contributed by atoms with E-state index >= 15 is 0 Å². The zero-order chi connectivity index (χ0) is 7.56. The third kappa shape index (κ3) is 1.53. The Labute approximate surface area is 64.8 Å². The number of hydrogen-bond acceptors (Lipinski definition) is 3. The molecule has 10 heavy (non-hydrogen) atoms. The minimum Gasteiger partial charge on any atom is -0.480 e. The monoisotopic (exact) mass is 205 g/mol. The number of halogens is 1. The van der Waals surface area contributed by atoms with E-state index in [0.717, 1.165) is 0 Å². The maximum atomic E-state index is 10.1. The molecule has 0 aliphatic heterocycles. The first kappa shape index (κ1) is 7.20. The van der Waals surface area contributed by atoms with Crippen LogP contribution in [0.3, 0.4) is 0 Å². The van der Waals surface area contributed by atoms with Crippen molar-refractivity contribution in [2.24, 2.45) is 0 Å². The number of aliphatic carboxylic acids is 1. The van der Waals surface area contributed by atoms with Crippen molar-refractivity contribution in [3.8, 4) is 0 Å². The molecule has 1 N–H and O–H groups in total. The number of carboxylic acid groups (broad SMARTS) is 1. The van der Waals surface area contributed by atoms with Crippen molar-refractivity contribution in [2.75, 3.05) is 0 Å². The van der Waals surface area contributed by atoms with Gasteiger partial charge in [0.2, 0.25) is 0 Å². The van der Waals surface area contributed by atoms with Crippen molar-refractivity contribution >= 4 is 21.9 Å². The highest BCUT2D eigenvalue weighted by atomic mass is 79.9. The van der Waals surface area contributed by atoms with Crippen molar-refractivity contribution in [3.05, 3.63) is 11.1 Å². The number of hydrogen-bond donors (Lipinski definition) is 1. The Balaban J connectivity index is 2.74. The molecule has 5 nitrogen and oxygen atoms in total. The van der Waals surface area contributed by atoms with Crippen LogP contribution in [0.2, 0.25) is 0 Å². The largest absolute Gasteiger partial charge is 0.480 e. The minimum atomic E-state index is -0.939. The smallest absolute Gasteiger partial charge is 0.325 e. The molecule has 0 saturated carbocycles. The summed E-state index contributed by atoms with van der Waals surface area (Å²) in [6.07, 6.45) is 1.28. The van der Waals surface area contributed by atoms with E-state index in [4.69, 9.17) is 5.11 Å². The van der Waals surface area contributed by atoms with Crippen LogP contribution in [0.1, 0.15) is 0 Å². The summed E-state index contributed by atoms with van der Waals surface area (Å²) >= 11 is 3.02. The van der Waals surface area contributed by atoms with Crippen LogP contribution in [0.15, 0.2) is 11.1 Å². The van der Waals surface area contributed by atoms with Gasteiger partial charge >= 0.3 is 5.97 Å². The summed E-state index contributed by atoms with van der Waals surface area (Å²) in [6, 6.07) is 0. The zero-order valence-electron chi connectivity index (χ0n) is 4.86. The highest BCUT2D eigenvalue weighted by molar-refractivity contribution is 9.10. The first-order chi connectivity index (χ1) is 4.70. The second-order valence-electron chi connectivity index (χ2n) is 1.58. The Morgan fingerprint density at radius 2 is 2.60 bits per heavy atom. The highest BCUT2D eigenvalue weighted by Gasteiger charge is 2.03. The molecule has 6 heteroatoms. The first-order valence-corrected chi connectivity index (χ1v) is 3.24. The van der Waals surface area contributed by atoms with Crippen LogP contribution in [-0.2, 0) is 11.3 Å². The van der Waals surface area contributed by atoms with Crippen LogP contribution in [0.4, 0.5) is 0 Å². The van der Waals surface area contributed by atoms with Crippen LogP contribution >= 0.6 is 15.9 Å². The van der Waals surface area contributed by atoms with E-state index in [1.807, 2.05) is 0 Å². The molecule has 0 radical (unpaired) electrons. The highest BCUT2D eigenvalue weighted by Crippen LogP contribution is 2.01. The standard InChI is InChI=1S/C4H4BrN3O2/c5-4-6-2-7-8(4)1-3(9)10/h2H,1H2,(H,9,10). The molecule has 0 saturated heterocycles. The molecular weight excluding hydrogens is 202 g/mol. The number of carbonyl (C=O) groups is 1. The first-order valence-electron chi connectivity index (χ1n) is 2.45. The van der Waals surface area contributed by atoms with Gasteiger partial charge < -0.3 is 5.11 Å². The van der Waals surface area contributed by atoms with E-state index in [0.29, 0.717) is 4.73 Å². The molecular formula is C4H4BrN3O2. The third-order valence-electron chi connectivity index (χ3n) is 0.853.